The molecule has 2 aromatic rings. The average molecular weight is 448 g/mol. The Bertz CT molecular complexity index is 1090. The number of carbonyl (C=O) groups excluding carboxylic acids is 2. The van der Waals surface area contributed by atoms with E-state index in [9.17, 15) is 14.7 Å². The molecule has 0 saturated heterocycles. The predicted molar refractivity (Wildman–Crippen MR) is 122 cm³/mol. The van der Waals surface area contributed by atoms with Gasteiger partial charge in [-0.1, -0.05) is 44.2 Å². The summed E-state index contributed by atoms with van der Waals surface area (Å²) in [5.74, 6) is 1.56. The topological polar surface area (TPSA) is 76.1 Å². The van der Waals surface area contributed by atoms with Crippen LogP contribution in [0.1, 0.15) is 38.3 Å². The van der Waals surface area contributed by atoms with Gasteiger partial charge in [-0.25, -0.2) is 0 Å². The zero-order valence-corrected chi connectivity index (χ0v) is 18.9. The summed E-state index contributed by atoms with van der Waals surface area (Å²) in [6.45, 7) is 4.20. The van der Waals surface area contributed by atoms with Gasteiger partial charge in [0.25, 0.3) is 5.91 Å². The molecule has 2 aromatic carbocycles. The maximum Gasteiger partial charge on any atom is 0.290 e. The third-order valence-corrected chi connectivity index (χ3v) is 7.04. The number of rotatable bonds is 5. The summed E-state index contributed by atoms with van der Waals surface area (Å²) in [6.07, 6.45) is 1.48. The molecule has 172 valence electrons. The second-order valence-electron chi connectivity index (χ2n) is 9.46. The summed E-state index contributed by atoms with van der Waals surface area (Å²) >= 11 is 0. The fourth-order valence-corrected chi connectivity index (χ4v) is 5.73. The maximum atomic E-state index is 13.8. The number of hydrogen-bond acceptors (Lipinski definition) is 5. The third-order valence-electron chi connectivity index (χ3n) is 7.04. The highest BCUT2D eigenvalue weighted by Crippen LogP contribution is 2.49. The number of Topliss-reactive ketones (excluding diaryl/α,β-unsaturated/α-hetero) is 1. The van der Waals surface area contributed by atoms with E-state index in [1.165, 1.54) is 0 Å². The van der Waals surface area contributed by atoms with Crippen molar-refractivity contribution in [2.45, 2.75) is 38.8 Å². The number of ketones is 1. The zero-order chi connectivity index (χ0) is 23.1. The van der Waals surface area contributed by atoms with Gasteiger partial charge in [-0.05, 0) is 54.5 Å². The van der Waals surface area contributed by atoms with Crippen molar-refractivity contribution in [3.8, 4) is 11.5 Å². The van der Waals surface area contributed by atoms with Crippen LogP contribution in [0.2, 0.25) is 0 Å². The van der Waals surface area contributed by atoms with Gasteiger partial charge in [0.1, 0.15) is 17.6 Å². The number of hydrogen-bond donors (Lipinski definition) is 1. The van der Waals surface area contributed by atoms with E-state index < -0.39 is 6.04 Å². The zero-order valence-electron chi connectivity index (χ0n) is 18.9. The van der Waals surface area contributed by atoms with Crippen LogP contribution in [0.4, 0.5) is 0 Å². The SMILES string of the molecule is CC1CC(C)C2C(=O)C3=C(OC2C1)C(=O)N(CCO)C3c1cccc(Oc2ccccc2)c1. The molecule has 1 amide bonds. The van der Waals surface area contributed by atoms with Crippen LogP contribution in [-0.2, 0) is 14.3 Å². The summed E-state index contributed by atoms with van der Waals surface area (Å²) in [5.41, 5.74) is 1.19. The first kappa shape index (κ1) is 21.7. The molecule has 5 rings (SSSR count). The van der Waals surface area contributed by atoms with Crippen molar-refractivity contribution in [1.82, 2.24) is 4.90 Å². The van der Waals surface area contributed by atoms with Crippen LogP contribution in [0, 0.1) is 17.8 Å². The molecule has 2 aliphatic heterocycles. The minimum absolute atomic E-state index is 0.00817. The molecule has 1 aliphatic carbocycles. The predicted octanol–water partition coefficient (Wildman–Crippen LogP) is 4.26. The smallest absolute Gasteiger partial charge is 0.290 e. The summed E-state index contributed by atoms with van der Waals surface area (Å²) in [5, 5.41) is 9.68. The number of aliphatic hydroxyl groups excluding tert-OH is 1. The first-order valence-electron chi connectivity index (χ1n) is 11.7. The van der Waals surface area contributed by atoms with E-state index in [2.05, 4.69) is 13.8 Å². The number of benzene rings is 2. The number of ether oxygens (including phenoxy) is 2. The average Bonchev–Trinajstić information content (AvgIpc) is 3.06. The molecule has 33 heavy (non-hydrogen) atoms. The third kappa shape index (κ3) is 3.82. The number of β-amino-alcohol motifs (C(OH)–C–C–N with tert-alkyl or cyclic N) is 1. The molecule has 1 N–H and O–H groups in total. The molecule has 5 unspecified atom stereocenters. The second kappa shape index (κ2) is 8.67. The van der Waals surface area contributed by atoms with Crippen molar-refractivity contribution in [1.29, 1.82) is 0 Å². The van der Waals surface area contributed by atoms with Crippen molar-refractivity contribution < 1.29 is 24.2 Å². The molecule has 1 saturated carbocycles. The van der Waals surface area contributed by atoms with Gasteiger partial charge in [0.2, 0.25) is 0 Å². The normalized spacial score (nSPS) is 28.9. The first-order valence-corrected chi connectivity index (χ1v) is 11.7. The van der Waals surface area contributed by atoms with Crippen molar-refractivity contribution in [3.05, 3.63) is 71.5 Å². The van der Waals surface area contributed by atoms with Gasteiger partial charge >= 0.3 is 0 Å². The minimum Gasteiger partial charge on any atom is -0.483 e. The van der Waals surface area contributed by atoms with Crippen LogP contribution in [-0.4, -0.2) is 41.0 Å². The van der Waals surface area contributed by atoms with Gasteiger partial charge in [0.15, 0.2) is 11.5 Å². The molecular weight excluding hydrogens is 418 g/mol. The Morgan fingerprint density at radius 3 is 2.55 bits per heavy atom. The molecule has 1 fully saturated rings. The minimum atomic E-state index is -0.598. The summed E-state index contributed by atoms with van der Waals surface area (Å²) < 4.78 is 12.2. The number of nitrogens with zero attached hydrogens (tertiary/aromatic N) is 1. The van der Waals surface area contributed by atoms with E-state index in [1.54, 1.807) is 4.90 Å². The molecule has 5 atom stereocenters. The van der Waals surface area contributed by atoms with Crippen molar-refractivity contribution in [2.75, 3.05) is 13.2 Å². The molecule has 3 aliphatic rings. The Kier molecular flexibility index (Phi) is 5.71. The molecule has 0 bridgehead atoms. The highest BCUT2D eigenvalue weighted by molar-refractivity contribution is 6.11. The van der Waals surface area contributed by atoms with E-state index in [0.29, 0.717) is 23.0 Å². The van der Waals surface area contributed by atoms with Crippen LogP contribution in [0.5, 0.6) is 11.5 Å². The lowest BCUT2D eigenvalue weighted by Gasteiger charge is -2.41. The van der Waals surface area contributed by atoms with Crippen molar-refractivity contribution >= 4 is 11.7 Å². The van der Waals surface area contributed by atoms with Gasteiger partial charge < -0.3 is 19.5 Å². The first-order chi connectivity index (χ1) is 16.0. The summed E-state index contributed by atoms with van der Waals surface area (Å²) in [6, 6.07) is 16.3. The van der Waals surface area contributed by atoms with Gasteiger partial charge in [-0.2, -0.15) is 0 Å². The van der Waals surface area contributed by atoms with E-state index >= 15 is 0 Å². The Morgan fingerprint density at radius 2 is 1.79 bits per heavy atom. The Hall–Kier alpha value is -3.12. The van der Waals surface area contributed by atoms with Crippen LogP contribution in [0.15, 0.2) is 65.9 Å². The second-order valence-corrected chi connectivity index (χ2v) is 9.46. The Balaban J connectivity index is 1.54. The standard InChI is InChI=1S/C27H29NO5/c1-16-13-17(2)22-21(14-16)33-26-23(25(22)30)24(28(11-12-29)27(26)31)18-7-6-10-20(15-18)32-19-8-4-3-5-9-19/h3-10,15-17,21-22,24,29H,11-14H2,1-2H3. The largest absolute Gasteiger partial charge is 0.483 e. The molecule has 0 spiro atoms. The molecular formula is C27H29NO5. The lowest BCUT2D eigenvalue weighted by molar-refractivity contribution is -0.138. The van der Waals surface area contributed by atoms with Gasteiger partial charge in [0, 0.05) is 6.54 Å². The molecule has 6 heteroatoms. The summed E-state index contributed by atoms with van der Waals surface area (Å²) in [4.78, 5) is 28.7. The van der Waals surface area contributed by atoms with E-state index in [-0.39, 0.29) is 48.5 Å². The number of carbonyl (C=O) groups is 2. The molecule has 2 heterocycles. The van der Waals surface area contributed by atoms with E-state index in [0.717, 1.165) is 18.4 Å². The van der Waals surface area contributed by atoms with Crippen LogP contribution in [0.25, 0.3) is 0 Å². The van der Waals surface area contributed by atoms with Gasteiger partial charge in [-0.3, -0.25) is 9.59 Å². The van der Waals surface area contributed by atoms with Crippen LogP contribution in [0.3, 0.4) is 0 Å². The lowest BCUT2D eigenvalue weighted by Crippen LogP contribution is -2.45. The number of fused-ring (bicyclic) bond motifs is 1. The van der Waals surface area contributed by atoms with Crippen LogP contribution >= 0.6 is 0 Å². The molecule has 6 nitrogen and oxygen atoms in total. The lowest BCUT2D eigenvalue weighted by atomic mass is 9.69. The monoisotopic (exact) mass is 447 g/mol. The van der Waals surface area contributed by atoms with Crippen molar-refractivity contribution in [2.24, 2.45) is 17.8 Å². The molecule has 0 radical (unpaired) electrons. The number of para-hydroxylation sites is 1. The van der Waals surface area contributed by atoms with Crippen LogP contribution < -0.4 is 4.74 Å². The summed E-state index contributed by atoms with van der Waals surface area (Å²) in [7, 11) is 0. The van der Waals surface area contributed by atoms with E-state index in [4.69, 9.17) is 9.47 Å². The Labute approximate surface area is 193 Å². The highest BCUT2D eigenvalue weighted by atomic mass is 16.5. The van der Waals surface area contributed by atoms with E-state index in [1.807, 2.05) is 54.6 Å². The number of amides is 1. The van der Waals surface area contributed by atoms with Crippen molar-refractivity contribution in [3.63, 3.8) is 0 Å². The quantitative estimate of drug-likeness (QED) is 0.741. The fourth-order valence-electron chi connectivity index (χ4n) is 5.73. The Morgan fingerprint density at radius 1 is 1.03 bits per heavy atom. The van der Waals surface area contributed by atoms with Gasteiger partial charge in [-0.15, -0.1) is 0 Å². The molecule has 0 aromatic heterocycles. The van der Waals surface area contributed by atoms with Gasteiger partial charge in [0.05, 0.1) is 24.1 Å². The number of aliphatic hydroxyl groups is 1. The maximum absolute atomic E-state index is 13.8. The highest BCUT2D eigenvalue weighted by Gasteiger charge is 2.54. The fraction of sp³-hybridized carbons (Fsp3) is 0.407.